The minimum absolute atomic E-state index is 0.232. The van der Waals surface area contributed by atoms with Crippen LogP contribution in [0.4, 0.5) is 4.39 Å². The van der Waals surface area contributed by atoms with E-state index < -0.39 is 0 Å². The molecule has 0 aliphatic carbocycles. The van der Waals surface area contributed by atoms with E-state index in [1.807, 2.05) is 24.3 Å². The number of rotatable bonds is 7. The Morgan fingerprint density at radius 2 is 1.43 bits per heavy atom. The average Bonchev–Trinajstić information content (AvgIpc) is 3.09. The van der Waals surface area contributed by atoms with Crippen molar-refractivity contribution in [1.29, 1.82) is 0 Å². The molecule has 1 saturated heterocycles. The topological polar surface area (TPSA) is 21.7 Å². The number of nitrogens with zero attached hydrogens (tertiary/aromatic N) is 1. The molecule has 23 heavy (non-hydrogen) atoms. The lowest BCUT2D eigenvalue weighted by Crippen LogP contribution is -2.25. The summed E-state index contributed by atoms with van der Waals surface area (Å²) < 4.78 is 24.3. The van der Waals surface area contributed by atoms with Crippen molar-refractivity contribution >= 4 is 0 Å². The number of likely N-dealkylation sites (tertiary alicyclic amines) is 1. The maximum atomic E-state index is 12.8. The monoisotopic (exact) mass is 315 g/mol. The second-order valence-corrected chi connectivity index (χ2v) is 5.78. The van der Waals surface area contributed by atoms with E-state index >= 15 is 0 Å². The fourth-order valence-corrected chi connectivity index (χ4v) is 2.68. The van der Waals surface area contributed by atoms with Crippen LogP contribution in [-0.4, -0.2) is 31.1 Å². The lowest BCUT2D eigenvalue weighted by atomic mass is 10.2. The third kappa shape index (κ3) is 4.96. The second kappa shape index (κ2) is 7.97. The van der Waals surface area contributed by atoms with Crippen LogP contribution in [0.1, 0.15) is 18.4 Å². The summed E-state index contributed by atoms with van der Waals surface area (Å²) in [5, 5.41) is 0. The Bertz CT molecular complexity index is 592. The SMILES string of the molecule is Fc1ccc(COc2ccc(OCCN3CCCC3)cc2)cc1. The van der Waals surface area contributed by atoms with Gasteiger partial charge < -0.3 is 9.47 Å². The Labute approximate surface area is 136 Å². The molecule has 0 N–H and O–H groups in total. The van der Waals surface area contributed by atoms with Gasteiger partial charge in [0.05, 0.1) is 0 Å². The Hall–Kier alpha value is -2.07. The van der Waals surface area contributed by atoms with Crippen molar-refractivity contribution in [3.05, 3.63) is 59.9 Å². The minimum Gasteiger partial charge on any atom is -0.492 e. The van der Waals surface area contributed by atoms with Gasteiger partial charge in [-0.25, -0.2) is 4.39 Å². The van der Waals surface area contributed by atoms with Crippen molar-refractivity contribution in [2.45, 2.75) is 19.4 Å². The second-order valence-electron chi connectivity index (χ2n) is 5.78. The van der Waals surface area contributed by atoms with Gasteiger partial charge in [0.15, 0.2) is 0 Å². The Morgan fingerprint density at radius 1 is 0.826 bits per heavy atom. The Kier molecular flexibility index (Phi) is 5.48. The molecule has 3 nitrogen and oxygen atoms in total. The molecule has 0 amide bonds. The zero-order valence-corrected chi connectivity index (χ0v) is 13.2. The highest BCUT2D eigenvalue weighted by molar-refractivity contribution is 5.31. The first-order valence-electron chi connectivity index (χ1n) is 8.12. The van der Waals surface area contributed by atoms with E-state index in [9.17, 15) is 4.39 Å². The largest absolute Gasteiger partial charge is 0.492 e. The number of hydrogen-bond donors (Lipinski definition) is 0. The van der Waals surface area contributed by atoms with Crippen LogP contribution in [0.2, 0.25) is 0 Å². The van der Waals surface area contributed by atoms with Crippen LogP contribution in [0.15, 0.2) is 48.5 Å². The maximum absolute atomic E-state index is 12.8. The fourth-order valence-electron chi connectivity index (χ4n) is 2.68. The number of benzene rings is 2. The summed E-state index contributed by atoms with van der Waals surface area (Å²) in [6.45, 7) is 4.52. The van der Waals surface area contributed by atoms with Gasteiger partial charge in [-0.05, 0) is 67.9 Å². The normalized spacial score (nSPS) is 14.8. The molecule has 0 saturated carbocycles. The highest BCUT2D eigenvalue weighted by Gasteiger charge is 2.10. The van der Waals surface area contributed by atoms with Crippen LogP contribution in [-0.2, 0) is 6.61 Å². The van der Waals surface area contributed by atoms with Crippen LogP contribution < -0.4 is 9.47 Å². The van der Waals surface area contributed by atoms with Gasteiger partial charge in [-0.15, -0.1) is 0 Å². The van der Waals surface area contributed by atoms with Crippen molar-refractivity contribution in [2.24, 2.45) is 0 Å². The van der Waals surface area contributed by atoms with Crippen molar-refractivity contribution in [3.8, 4) is 11.5 Å². The molecule has 1 aliphatic heterocycles. The van der Waals surface area contributed by atoms with Gasteiger partial charge in [-0.2, -0.15) is 0 Å². The van der Waals surface area contributed by atoms with E-state index in [2.05, 4.69) is 4.90 Å². The van der Waals surface area contributed by atoms with Crippen molar-refractivity contribution in [1.82, 2.24) is 4.90 Å². The molecule has 0 radical (unpaired) electrons. The van der Waals surface area contributed by atoms with E-state index in [0.717, 1.165) is 30.2 Å². The quantitative estimate of drug-likeness (QED) is 0.774. The van der Waals surface area contributed by atoms with Crippen molar-refractivity contribution in [2.75, 3.05) is 26.2 Å². The molecular weight excluding hydrogens is 293 g/mol. The molecular formula is C19H22FNO2. The fraction of sp³-hybridized carbons (Fsp3) is 0.368. The Morgan fingerprint density at radius 3 is 2.09 bits per heavy atom. The first kappa shape index (κ1) is 15.8. The molecule has 3 rings (SSSR count). The smallest absolute Gasteiger partial charge is 0.123 e. The summed E-state index contributed by atoms with van der Waals surface area (Å²) in [4.78, 5) is 2.43. The summed E-state index contributed by atoms with van der Waals surface area (Å²) in [6, 6.07) is 14.0. The van der Waals surface area contributed by atoms with Crippen LogP contribution in [0, 0.1) is 5.82 Å². The highest BCUT2D eigenvalue weighted by Crippen LogP contribution is 2.19. The van der Waals surface area contributed by atoms with Gasteiger partial charge in [-0.1, -0.05) is 12.1 Å². The van der Waals surface area contributed by atoms with Crippen LogP contribution in [0.3, 0.4) is 0 Å². The lowest BCUT2D eigenvalue weighted by Gasteiger charge is -2.15. The predicted octanol–water partition coefficient (Wildman–Crippen LogP) is 3.88. The van der Waals surface area contributed by atoms with E-state index in [-0.39, 0.29) is 5.82 Å². The van der Waals surface area contributed by atoms with Gasteiger partial charge >= 0.3 is 0 Å². The summed E-state index contributed by atoms with van der Waals surface area (Å²) in [5.41, 5.74) is 0.942. The van der Waals surface area contributed by atoms with E-state index in [1.54, 1.807) is 12.1 Å². The number of hydrogen-bond acceptors (Lipinski definition) is 3. The third-order valence-corrected chi connectivity index (χ3v) is 4.02. The highest BCUT2D eigenvalue weighted by atomic mass is 19.1. The van der Waals surface area contributed by atoms with E-state index in [1.165, 1.54) is 38.1 Å². The zero-order chi connectivity index (χ0) is 15.9. The molecule has 1 aliphatic rings. The van der Waals surface area contributed by atoms with Gasteiger partial charge in [-0.3, -0.25) is 4.90 Å². The first-order valence-corrected chi connectivity index (χ1v) is 8.12. The van der Waals surface area contributed by atoms with Crippen LogP contribution >= 0.6 is 0 Å². The molecule has 0 bridgehead atoms. The Balaban J connectivity index is 1.42. The summed E-state index contributed by atoms with van der Waals surface area (Å²) in [6.07, 6.45) is 2.61. The molecule has 2 aromatic carbocycles. The lowest BCUT2D eigenvalue weighted by molar-refractivity contribution is 0.237. The number of ether oxygens (including phenoxy) is 2. The molecule has 0 unspecified atom stereocenters. The van der Waals surface area contributed by atoms with Crippen molar-refractivity contribution in [3.63, 3.8) is 0 Å². The minimum atomic E-state index is -0.232. The standard InChI is InChI=1S/C19H22FNO2/c20-17-5-3-16(4-6-17)15-23-19-9-7-18(8-10-19)22-14-13-21-11-1-2-12-21/h3-10H,1-2,11-15H2. The molecule has 0 aromatic heterocycles. The van der Waals surface area contributed by atoms with Crippen molar-refractivity contribution < 1.29 is 13.9 Å². The maximum Gasteiger partial charge on any atom is 0.123 e. The van der Waals surface area contributed by atoms with Gasteiger partial charge in [0, 0.05) is 6.54 Å². The average molecular weight is 315 g/mol. The van der Waals surface area contributed by atoms with E-state index in [4.69, 9.17) is 9.47 Å². The summed E-state index contributed by atoms with van der Waals surface area (Å²) in [7, 11) is 0. The zero-order valence-electron chi connectivity index (χ0n) is 13.2. The van der Waals surface area contributed by atoms with Crippen LogP contribution in [0.25, 0.3) is 0 Å². The summed E-state index contributed by atoms with van der Waals surface area (Å²) in [5.74, 6) is 1.41. The molecule has 122 valence electrons. The van der Waals surface area contributed by atoms with Gasteiger partial charge in [0.1, 0.15) is 30.5 Å². The van der Waals surface area contributed by atoms with Gasteiger partial charge in [0.2, 0.25) is 0 Å². The van der Waals surface area contributed by atoms with E-state index in [0.29, 0.717) is 6.61 Å². The first-order chi connectivity index (χ1) is 11.3. The molecule has 2 aromatic rings. The molecule has 1 heterocycles. The molecule has 0 atom stereocenters. The van der Waals surface area contributed by atoms with Gasteiger partial charge in [0.25, 0.3) is 0 Å². The number of halogens is 1. The molecule has 4 heteroatoms. The molecule has 1 fully saturated rings. The third-order valence-electron chi connectivity index (χ3n) is 4.02. The predicted molar refractivity (Wildman–Crippen MR) is 88.3 cm³/mol. The summed E-state index contributed by atoms with van der Waals surface area (Å²) >= 11 is 0. The molecule has 0 spiro atoms. The van der Waals surface area contributed by atoms with Crippen LogP contribution in [0.5, 0.6) is 11.5 Å².